The van der Waals surface area contributed by atoms with Crippen molar-refractivity contribution < 1.29 is 14.3 Å². The number of thioether (sulfide) groups is 1. The first-order valence-corrected chi connectivity index (χ1v) is 8.07. The summed E-state index contributed by atoms with van der Waals surface area (Å²) in [4.78, 5) is 22.5. The van der Waals surface area contributed by atoms with E-state index in [0.717, 1.165) is 16.8 Å². The van der Waals surface area contributed by atoms with Crippen LogP contribution in [-0.2, 0) is 9.59 Å². The van der Waals surface area contributed by atoms with Crippen LogP contribution in [0.15, 0.2) is 24.3 Å². The Kier molecular flexibility index (Phi) is 4.24. The molecule has 4 N–H and O–H groups in total. The number of nitrogens with two attached hydrogens (primary N) is 1. The minimum Gasteiger partial charge on any atom is -0.484 e. The zero-order chi connectivity index (χ0) is 16.4. The topological polar surface area (TPSA) is 110 Å². The molecule has 0 aliphatic carbocycles. The fourth-order valence-electron chi connectivity index (χ4n) is 2.42. The summed E-state index contributed by atoms with van der Waals surface area (Å²) in [5.41, 5.74) is 7.99. The van der Waals surface area contributed by atoms with Crippen molar-refractivity contribution in [1.82, 2.24) is 10.2 Å². The summed E-state index contributed by atoms with van der Waals surface area (Å²) in [7, 11) is 0. The molecule has 0 radical (unpaired) electrons. The number of benzene rings is 1. The van der Waals surface area contributed by atoms with Crippen molar-refractivity contribution in [1.29, 1.82) is 0 Å². The number of aromatic nitrogens is 2. The van der Waals surface area contributed by atoms with Gasteiger partial charge in [0.05, 0.1) is 11.0 Å². The lowest BCUT2D eigenvalue weighted by molar-refractivity contribution is -0.120. The number of rotatable bonds is 4. The van der Waals surface area contributed by atoms with Crippen molar-refractivity contribution >= 4 is 29.4 Å². The van der Waals surface area contributed by atoms with Crippen LogP contribution in [0.1, 0.15) is 22.1 Å². The smallest absolute Gasteiger partial charge is 0.255 e. The number of hydrogen-bond acceptors (Lipinski definition) is 5. The molecular formula is C15H16N4O3S. The van der Waals surface area contributed by atoms with Crippen LogP contribution >= 0.6 is 11.8 Å². The molecule has 2 amide bonds. The molecule has 1 atom stereocenters. The van der Waals surface area contributed by atoms with Crippen LogP contribution in [0.3, 0.4) is 0 Å². The molecule has 1 aliphatic heterocycles. The Morgan fingerprint density at radius 3 is 2.87 bits per heavy atom. The van der Waals surface area contributed by atoms with Gasteiger partial charge in [-0.25, -0.2) is 0 Å². The maximum Gasteiger partial charge on any atom is 0.255 e. The van der Waals surface area contributed by atoms with Gasteiger partial charge >= 0.3 is 0 Å². The Labute approximate surface area is 137 Å². The minimum atomic E-state index is -0.517. The average Bonchev–Trinajstić information content (AvgIpc) is 2.78. The van der Waals surface area contributed by atoms with Crippen LogP contribution in [0, 0.1) is 6.92 Å². The predicted octanol–water partition coefficient (Wildman–Crippen LogP) is 1.36. The highest BCUT2D eigenvalue weighted by molar-refractivity contribution is 8.00. The van der Waals surface area contributed by atoms with Crippen LogP contribution in [0.5, 0.6) is 5.75 Å². The van der Waals surface area contributed by atoms with E-state index >= 15 is 0 Å². The van der Waals surface area contributed by atoms with Gasteiger partial charge in [0.1, 0.15) is 5.75 Å². The first kappa shape index (κ1) is 15.4. The first-order chi connectivity index (χ1) is 11.0. The van der Waals surface area contributed by atoms with Gasteiger partial charge in [0, 0.05) is 11.3 Å². The van der Waals surface area contributed by atoms with Gasteiger partial charge in [0.15, 0.2) is 12.4 Å². The first-order valence-electron chi connectivity index (χ1n) is 7.02. The molecule has 23 heavy (non-hydrogen) atoms. The molecule has 2 heterocycles. The number of carbonyl (C=O) groups excluding carboxylic acids is 2. The molecule has 0 bridgehead atoms. The van der Waals surface area contributed by atoms with E-state index in [1.807, 2.05) is 19.1 Å². The predicted molar refractivity (Wildman–Crippen MR) is 87.4 cm³/mol. The summed E-state index contributed by atoms with van der Waals surface area (Å²) in [5.74, 6) is 0.935. The van der Waals surface area contributed by atoms with E-state index < -0.39 is 5.91 Å². The third-order valence-electron chi connectivity index (χ3n) is 3.46. The zero-order valence-corrected chi connectivity index (χ0v) is 13.3. The molecule has 2 aromatic rings. The number of carbonyl (C=O) groups is 2. The Morgan fingerprint density at radius 1 is 1.43 bits per heavy atom. The fraction of sp³-hybridized carbons (Fsp3) is 0.267. The van der Waals surface area contributed by atoms with E-state index in [9.17, 15) is 9.59 Å². The standard InChI is InChI=1S/C15H16N4O3S/c1-8-13-14(23-7-12(21)17-15(13)19-18-8)9-2-4-10(5-3-9)22-6-11(16)20/h2-5,14H,6-7H2,1H3,(H2,16,20)(H2,17,18,19,21). The summed E-state index contributed by atoms with van der Waals surface area (Å²) in [6, 6.07) is 7.40. The molecule has 0 saturated carbocycles. The summed E-state index contributed by atoms with van der Waals surface area (Å²) in [5, 5.41) is 9.88. The van der Waals surface area contributed by atoms with Crippen LogP contribution in [0.2, 0.25) is 0 Å². The third kappa shape index (κ3) is 3.31. The lowest BCUT2D eigenvalue weighted by Gasteiger charge is -2.15. The van der Waals surface area contributed by atoms with Gasteiger partial charge in [-0.3, -0.25) is 14.7 Å². The third-order valence-corrected chi connectivity index (χ3v) is 4.73. The number of ether oxygens (including phenoxy) is 1. The summed E-state index contributed by atoms with van der Waals surface area (Å²) in [6.45, 7) is 1.78. The Balaban J connectivity index is 1.87. The van der Waals surface area contributed by atoms with E-state index in [1.165, 1.54) is 0 Å². The van der Waals surface area contributed by atoms with Crippen LogP contribution in [0.4, 0.5) is 5.82 Å². The van der Waals surface area contributed by atoms with Crippen molar-refractivity contribution in [3.05, 3.63) is 41.1 Å². The maximum absolute atomic E-state index is 11.8. The van der Waals surface area contributed by atoms with Crippen LogP contribution < -0.4 is 15.8 Å². The minimum absolute atomic E-state index is 0.00658. The SMILES string of the molecule is Cc1[nH]nc2c1C(c1ccc(OCC(N)=O)cc1)SCC(=O)N2. The molecule has 1 aromatic heterocycles. The van der Waals surface area contributed by atoms with Crippen LogP contribution in [0.25, 0.3) is 0 Å². The normalized spacial score (nSPS) is 17.1. The molecule has 3 rings (SSSR count). The highest BCUT2D eigenvalue weighted by Gasteiger charge is 2.28. The summed E-state index contributed by atoms with van der Waals surface area (Å²) in [6.07, 6.45) is 0. The van der Waals surface area contributed by atoms with Gasteiger partial charge in [-0.2, -0.15) is 5.10 Å². The second-order valence-corrected chi connectivity index (χ2v) is 6.27. The van der Waals surface area contributed by atoms with E-state index in [-0.39, 0.29) is 17.8 Å². The molecule has 0 fully saturated rings. The van der Waals surface area contributed by atoms with Gasteiger partial charge in [-0.05, 0) is 24.6 Å². The van der Waals surface area contributed by atoms with Gasteiger partial charge in [0.2, 0.25) is 5.91 Å². The molecule has 1 aromatic carbocycles. The monoisotopic (exact) mass is 332 g/mol. The molecule has 1 unspecified atom stereocenters. The number of nitrogens with zero attached hydrogens (tertiary/aromatic N) is 1. The molecule has 8 heteroatoms. The Hall–Kier alpha value is -2.48. The molecule has 7 nitrogen and oxygen atoms in total. The average molecular weight is 332 g/mol. The number of hydrogen-bond donors (Lipinski definition) is 3. The van der Waals surface area contributed by atoms with E-state index in [1.54, 1.807) is 23.9 Å². The number of nitrogens with one attached hydrogen (secondary N) is 2. The summed E-state index contributed by atoms with van der Waals surface area (Å²) < 4.78 is 5.26. The zero-order valence-electron chi connectivity index (χ0n) is 12.5. The van der Waals surface area contributed by atoms with E-state index in [2.05, 4.69) is 15.5 Å². The number of anilines is 1. The lowest BCUT2D eigenvalue weighted by atomic mass is 10.0. The quantitative estimate of drug-likeness (QED) is 0.783. The molecule has 120 valence electrons. The van der Waals surface area contributed by atoms with Gasteiger partial charge < -0.3 is 15.8 Å². The maximum atomic E-state index is 11.8. The molecular weight excluding hydrogens is 316 g/mol. The van der Waals surface area contributed by atoms with Crippen LogP contribution in [-0.4, -0.2) is 34.4 Å². The second-order valence-electron chi connectivity index (χ2n) is 5.17. The van der Waals surface area contributed by atoms with E-state index in [4.69, 9.17) is 10.5 Å². The Morgan fingerprint density at radius 2 is 2.17 bits per heavy atom. The largest absolute Gasteiger partial charge is 0.484 e. The second kappa shape index (κ2) is 6.33. The number of aryl methyl sites for hydroxylation is 1. The number of amides is 2. The van der Waals surface area contributed by atoms with Crippen molar-refractivity contribution in [2.24, 2.45) is 5.73 Å². The van der Waals surface area contributed by atoms with Crippen molar-refractivity contribution in [3.8, 4) is 5.75 Å². The van der Waals surface area contributed by atoms with Gasteiger partial charge in [-0.15, -0.1) is 11.8 Å². The number of H-pyrrole nitrogens is 1. The highest BCUT2D eigenvalue weighted by atomic mass is 32.2. The van der Waals surface area contributed by atoms with Gasteiger partial charge in [-0.1, -0.05) is 12.1 Å². The lowest BCUT2D eigenvalue weighted by Crippen LogP contribution is -2.19. The molecule has 0 saturated heterocycles. The summed E-state index contributed by atoms with van der Waals surface area (Å²) >= 11 is 1.54. The van der Waals surface area contributed by atoms with Crippen molar-refractivity contribution in [3.63, 3.8) is 0 Å². The molecule has 0 spiro atoms. The number of primary amides is 1. The van der Waals surface area contributed by atoms with E-state index in [0.29, 0.717) is 17.3 Å². The van der Waals surface area contributed by atoms with Crippen molar-refractivity contribution in [2.45, 2.75) is 12.2 Å². The van der Waals surface area contributed by atoms with Crippen molar-refractivity contribution in [2.75, 3.05) is 17.7 Å². The fourth-order valence-corrected chi connectivity index (χ4v) is 3.62. The number of aromatic amines is 1. The molecule has 1 aliphatic rings. The van der Waals surface area contributed by atoms with Gasteiger partial charge in [0.25, 0.3) is 5.91 Å². The number of fused-ring (bicyclic) bond motifs is 1. The Bertz CT molecular complexity index is 742. The highest BCUT2D eigenvalue weighted by Crippen LogP contribution is 2.42.